The first-order valence-electron chi connectivity index (χ1n) is 5.37. The summed E-state index contributed by atoms with van der Waals surface area (Å²) in [4.78, 5) is 11.8. The SMILES string of the molecule is CC(=O)C1=C(C)OC(N)=C(C#N)C1c1ccsc1. The van der Waals surface area contributed by atoms with E-state index in [1.807, 2.05) is 22.9 Å². The minimum Gasteiger partial charge on any atom is -0.445 e. The van der Waals surface area contributed by atoms with Crippen molar-refractivity contribution in [3.8, 4) is 6.07 Å². The van der Waals surface area contributed by atoms with Gasteiger partial charge in [-0.25, -0.2) is 0 Å². The fourth-order valence-electron chi connectivity index (χ4n) is 2.11. The first kappa shape index (κ1) is 12.4. The Kier molecular flexibility index (Phi) is 3.21. The fraction of sp³-hybridized carbons (Fsp3) is 0.231. The molecule has 92 valence electrons. The van der Waals surface area contributed by atoms with Gasteiger partial charge in [0.2, 0.25) is 5.88 Å². The van der Waals surface area contributed by atoms with Crippen LogP contribution in [0.1, 0.15) is 25.3 Å². The van der Waals surface area contributed by atoms with Gasteiger partial charge in [0.25, 0.3) is 0 Å². The molecule has 5 heteroatoms. The predicted octanol–water partition coefficient (Wildman–Crippen LogP) is 2.42. The van der Waals surface area contributed by atoms with Crippen LogP contribution in [0.2, 0.25) is 0 Å². The van der Waals surface area contributed by atoms with Crippen LogP contribution in [0, 0.1) is 11.3 Å². The third kappa shape index (κ3) is 1.91. The second kappa shape index (κ2) is 4.67. The van der Waals surface area contributed by atoms with Crippen molar-refractivity contribution in [1.29, 1.82) is 5.26 Å². The summed E-state index contributed by atoms with van der Waals surface area (Å²) in [6, 6.07) is 3.94. The van der Waals surface area contributed by atoms with Gasteiger partial charge in [0.05, 0.1) is 5.92 Å². The van der Waals surface area contributed by atoms with Gasteiger partial charge in [0.1, 0.15) is 17.4 Å². The van der Waals surface area contributed by atoms with Crippen LogP contribution in [0.4, 0.5) is 0 Å². The molecule has 0 fully saturated rings. The van der Waals surface area contributed by atoms with E-state index < -0.39 is 5.92 Å². The maximum Gasteiger partial charge on any atom is 0.205 e. The van der Waals surface area contributed by atoms with E-state index >= 15 is 0 Å². The second-order valence-corrected chi connectivity index (χ2v) is 4.79. The number of carbonyl (C=O) groups is 1. The van der Waals surface area contributed by atoms with Gasteiger partial charge in [-0.1, -0.05) is 0 Å². The van der Waals surface area contributed by atoms with Crippen molar-refractivity contribution in [2.75, 3.05) is 0 Å². The standard InChI is InChI=1S/C13H12N2O2S/c1-7(16)11-8(2)17-13(15)10(5-14)12(11)9-3-4-18-6-9/h3-4,6,12H,15H2,1-2H3. The van der Waals surface area contributed by atoms with Crippen molar-refractivity contribution in [3.63, 3.8) is 0 Å². The number of ether oxygens (including phenoxy) is 1. The van der Waals surface area contributed by atoms with Crippen LogP contribution in [0.25, 0.3) is 0 Å². The first-order valence-corrected chi connectivity index (χ1v) is 6.32. The second-order valence-electron chi connectivity index (χ2n) is 4.01. The lowest BCUT2D eigenvalue weighted by atomic mass is 9.83. The Labute approximate surface area is 109 Å². The highest BCUT2D eigenvalue weighted by Gasteiger charge is 2.33. The van der Waals surface area contributed by atoms with E-state index in [4.69, 9.17) is 10.5 Å². The van der Waals surface area contributed by atoms with Crippen molar-refractivity contribution in [2.24, 2.45) is 5.73 Å². The average Bonchev–Trinajstić information content (AvgIpc) is 2.80. The number of rotatable bonds is 2. The fourth-order valence-corrected chi connectivity index (χ4v) is 2.79. The maximum atomic E-state index is 11.8. The molecule has 0 bridgehead atoms. The number of nitrogens with two attached hydrogens (primary N) is 1. The number of allylic oxidation sites excluding steroid dienone is 3. The number of Topliss-reactive ketones (excluding diaryl/α,β-unsaturated/α-hetero) is 1. The smallest absolute Gasteiger partial charge is 0.205 e. The molecular weight excluding hydrogens is 248 g/mol. The van der Waals surface area contributed by atoms with Crippen LogP contribution < -0.4 is 5.73 Å². The minimum absolute atomic E-state index is 0.0798. The summed E-state index contributed by atoms with van der Waals surface area (Å²) in [6.07, 6.45) is 0. The Hall–Kier alpha value is -2.06. The Balaban J connectivity index is 2.63. The molecule has 1 aliphatic rings. The van der Waals surface area contributed by atoms with Crippen LogP contribution in [-0.2, 0) is 9.53 Å². The van der Waals surface area contributed by atoms with Crippen LogP contribution >= 0.6 is 11.3 Å². The molecule has 0 aliphatic carbocycles. The van der Waals surface area contributed by atoms with Crippen LogP contribution in [-0.4, -0.2) is 5.78 Å². The number of nitrogens with zero attached hydrogens (tertiary/aromatic N) is 1. The van der Waals surface area contributed by atoms with E-state index in [-0.39, 0.29) is 11.7 Å². The molecule has 1 aromatic heterocycles. The number of nitriles is 1. The van der Waals surface area contributed by atoms with Crippen LogP contribution in [0.5, 0.6) is 0 Å². The zero-order valence-electron chi connectivity index (χ0n) is 10.1. The lowest BCUT2D eigenvalue weighted by Gasteiger charge is -2.25. The average molecular weight is 260 g/mol. The quantitative estimate of drug-likeness (QED) is 0.886. The van der Waals surface area contributed by atoms with Gasteiger partial charge in [0.15, 0.2) is 5.78 Å². The summed E-state index contributed by atoms with van der Waals surface area (Å²) in [6.45, 7) is 3.16. The molecule has 0 saturated carbocycles. The molecule has 0 radical (unpaired) electrons. The summed E-state index contributed by atoms with van der Waals surface area (Å²) in [5.74, 6) is 0.0304. The first-order chi connectivity index (χ1) is 8.56. The van der Waals surface area contributed by atoms with E-state index in [1.54, 1.807) is 6.92 Å². The molecule has 18 heavy (non-hydrogen) atoms. The molecule has 0 spiro atoms. The number of thiophene rings is 1. The van der Waals surface area contributed by atoms with E-state index in [0.717, 1.165) is 5.56 Å². The van der Waals surface area contributed by atoms with E-state index in [9.17, 15) is 10.1 Å². The lowest BCUT2D eigenvalue weighted by Crippen LogP contribution is -2.22. The number of hydrogen-bond donors (Lipinski definition) is 1. The van der Waals surface area contributed by atoms with E-state index in [0.29, 0.717) is 16.9 Å². The summed E-state index contributed by atoms with van der Waals surface area (Å²) in [7, 11) is 0. The zero-order chi connectivity index (χ0) is 13.3. The summed E-state index contributed by atoms with van der Waals surface area (Å²) in [5, 5.41) is 13.0. The van der Waals surface area contributed by atoms with Crippen LogP contribution in [0.3, 0.4) is 0 Å². The van der Waals surface area contributed by atoms with Gasteiger partial charge >= 0.3 is 0 Å². The molecule has 0 amide bonds. The minimum atomic E-state index is -0.410. The molecule has 2 heterocycles. The van der Waals surface area contributed by atoms with Gasteiger partial charge < -0.3 is 10.5 Å². The Bertz CT molecular complexity index is 591. The van der Waals surface area contributed by atoms with Gasteiger partial charge in [-0.05, 0) is 36.2 Å². The summed E-state index contributed by atoms with van der Waals surface area (Å²) in [5.41, 5.74) is 7.42. The molecule has 1 unspecified atom stereocenters. The van der Waals surface area contributed by atoms with Gasteiger partial charge in [-0.2, -0.15) is 16.6 Å². The molecule has 1 aromatic rings. The Morgan fingerprint density at radius 2 is 2.33 bits per heavy atom. The zero-order valence-corrected chi connectivity index (χ0v) is 10.9. The Morgan fingerprint density at radius 3 is 2.83 bits per heavy atom. The highest BCUT2D eigenvalue weighted by molar-refractivity contribution is 7.08. The van der Waals surface area contributed by atoms with Crippen molar-refractivity contribution < 1.29 is 9.53 Å². The molecule has 2 rings (SSSR count). The van der Waals surface area contributed by atoms with E-state index in [1.165, 1.54) is 18.3 Å². The summed E-state index contributed by atoms with van der Waals surface area (Å²) < 4.78 is 5.29. The Morgan fingerprint density at radius 1 is 1.61 bits per heavy atom. The maximum absolute atomic E-state index is 11.8. The molecule has 0 aromatic carbocycles. The topological polar surface area (TPSA) is 76.1 Å². The van der Waals surface area contributed by atoms with Gasteiger partial charge in [0, 0.05) is 5.57 Å². The third-order valence-corrected chi connectivity index (χ3v) is 3.56. The molecule has 1 aliphatic heterocycles. The molecule has 1 atom stereocenters. The number of ketones is 1. The molecule has 2 N–H and O–H groups in total. The van der Waals surface area contributed by atoms with Crippen molar-refractivity contribution >= 4 is 17.1 Å². The summed E-state index contributed by atoms with van der Waals surface area (Å²) >= 11 is 1.51. The number of hydrogen-bond acceptors (Lipinski definition) is 5. The monoisotopic (exact) mass is 260 g/mol. The lowest BCUT2D eigenvalue weighted by molar-refractivity contribution is -0.114. The molecule has 4 nitrogen and oxygen atoms in total. The normalized spacial score (nSPS) is 19.5. The largest absolute Gasteiger partial charge is 0.445 e. The van der Waals surface area contributed by atoms with Crippen molar-refractivity contribution in [1.82, 2.24) is 0 Å². The van der Waals surface area contributed by atoms with Gasteiger partial charge in [-0.3, -0.25) is 4.79 Å². The molecular formula is C13H12N2O2S. The molecule has 0 saturated heterocycles. The van der Waals surface area contributed by atoms with E-state index in [2.05, 4.69) is 0 Å². The van der Waals surface area contributed by atoms with Crippen LogP contribution in [0.15, 0.2) is 39.6 Å². The van der Waals surface area contributed by atoms with Crippen molar-refractivity contribution in [2.45, 2.75) is 19.8 Å². The third-order valence-electron chi connectivity index (χ3n) is 2.86. The van der Waals surface area contributed by atoms with Crippen molar-refractivity contribution in [3.05, 3.63) is 45.2 Å². The highest BCUT2D eigenvalue weighted by atomic mass is 32.1. The highest BCUT2D eigenvalue weighted by Crippen LogP contribution is 2.39. The predicted molar refractivity (Wildman–Crippen MR) is 68.4 cm³/mol. The number of carbonyl (C=O) groups excluding carboxylic acids is 1. The van der Waals surface area contributed by atoms with Gasteiger partial charge in [-0.15, -0.1) is 0 Å².